The van der Waals surface area contributed by atoms with Crippen LogP contribution in [0.1, 0.15) is 23.3 Å². The summed E-state index contributed by atoms with van der Waals surface area (Å²) in [6, 6.07) is 6.95. The molecule has 1 unspecified atom stereocenters. The number of nitrogens with zero attached hydrogens (tertiary/aromatic N) is 2. The van der Waals surface area contributed by atoms with Crippen LogP contribution in [0, 0.1) is 0 Å². The number of ether oxygens (including phenoxy) is 1. The lowest BCUT2D eigenvalue weighted by atomic mass is 10.2. The number of nitrogens with one attached hydrogen (secondary N) is 1. The van der Waals surface area contributed by atoms with E-state index in [4.69, 9.17) is 14.3 Å². The van der Waals surface area contributed by atoms with Gasteiger partial charge in [0.25, 0.3) is 5.91 Å². The summed E-state index contributed by atoms with van der Waals surface area (Å²) in [6.45, 7) is 1.33. The predicted molar refractivity (Wildman–Crippen MR) is 84.2 cm³/mol. The van der Waals surface area contributed by atoms with Crippen molar-refractivity contribution in [3.05, 3.63) is 42.1 Å². The normalized spacial score (nSPS) is 16.1. The monoisotopic (exact) mass is 345 g/mol. The zero-order chi connectivity index (χ0) is 18.0. The van der Waals surface area contributed by atoms with Crippen LogP contribution in [0.15, 0.2) is 34.9 Å². The first kappa shape index (κ1) is 16.5. The van der Waals surface area contributed by atoms with Crippen LogP contribution in [0.4, 0.5) is 5.69 Å². The number of fused-ring (bicyclic) bond motifs is 1. The topological polar surface area (TPSA) is 122 Å². The van der Waals surface area contributed by atoms with Gasteiger partial charge in [0.1, 0.15) is 18.6 Å². The Morgan fingerprint density at radius 3 is 2.84 bits per heavy atom. The second-order valence-corrected chi connectivity index (χ2v) is 5.36. The molecule has 9 heteroatoms. The van der Waals surface area contributed by atoms with Gasteiger partial charge in [-0.15, -0.1) is 0 Å². The Balaban J connectivity index is 1.65. The molecule has 0 bridgehead atoms. The van der Waals surface area contributed by atoms with Crippen molar-refractivity contribution in [2.24, 2.45) is 0 Å². The number of rotatable bonds is 5. The van der Waals surface area contributed by atoms with Crippen LogP contribution in [0.2, 0.25) is 0 Å². The molecule has 0 aliphatic carbocycles. The van der Waals surface area contributed by atoms with Crippen molar-refractivity contribution in [2.45, 2.75) is 19.6 Å². The molecule has 1 atom stereocenters. The lowest BCUT2D eigenvalue weighted by molar-refractivity contribution is -0.128. The lowest BCUT2D eigenvalue weighted by Crippen LogP contribution is -2.48. The summed E-state index contributed by atoms with van der Waals surface area (Å²) in [5.41, 5.74) is 0.278. The molecular weight excluding hydrogens is 330 g/mol. The molecule has 2 N–H and O–H groups in total. The third kappa shape index (κ3) is 3.44. The maximum absolute atomic E-state index is 12.3. The number of carboxylic acid groups (broad SMARTS) is 1. The van der Waals surface area contributed by atoms with E-state index in [0.29, 0.717) is 11.4 Å². The number of aromatic carboxylic acids is 1. The van der Waals surface area contributed by atoms with Crippen LogP contribution in [0.5, 0.6) is 5.75 Å². The molecule has 25 heavy (non-hydrogen) atoms. The van der Waals surface area contributed by atoms with Gasteiger partial charge < -0.3 is 19.6 Å². The highest BCUT2D eigenvalue weighted by molar-refractivity contribution is 6.03. The summed E-state index contributed by atoms with van der Waals surface area (Å²) in [4.78, 5) is 40.2. The average molecular weight is 345 g/mol. The number of amides is 2. The molecule has 2 amide bonds. The molecule has 0 saturated carbocycles. The van der Waals surface area contributed by atoms with Gasteiger partial charge in [-0.1, -0.05) is 12.1 Å². The van der Waals surface area contributed by atoms with Crippen molar-refractivity contribution in [1.29, 1.82) is 0 Å². The van der Waals surface area contributed by atoms with Crippen LogP contribution in [0.25, 0.3) is 0 Å². The molecule has 0 fully saturated rings. The predicted octanol–water partition coefficient (Wildman–Crippen LogP) is 0.803. The van der Waals surface area contributed by atoms with E-state index in [2.05, 4.69) is 10.3 Å². The Morgan fingerprint density at radius 1 is 1.36 bits per heavy atom. The Morgan fingerprint density at radius 2 is 2.12 bits per heavy atom. The number of para-hydroxylation sites is 2. The lowest BCUT2D eigenvalue weighted by Gasteiger charge is -2.32. The van der Waals surface area contributed by atoms with Gasteiger partial charge >= 0.3 is 5.97 Å². The van der Waals surface area contributed by atoms with Crippen LogP contribution < -0.4 is 15.0 Å². The average Bonchev–Trinajstić information content (AvgIpc) is 3.06. The van der Waals surface area contributed by atoms with E-state index in [0.717, 1.165) is 6.26 Å². The molecule has 1 aromatic heterocycles. The number of oxazole rings is 1. The molecule has 0 saturated heterocycles. The Labute approximate surface area is 142 Å². The van der Waals surface area contributed by atoms with E-state index < -0.39 is 18.0 Å². The first-order chi connectivity index (χ1) is 12.0. The second kappa shape index (κ2) is 6.63. The van der Waals surface area contributed by atoms with Gasteiger partial charge in [0.15, 0.2) is 11.8 Å². The minimum atomic E-state index is -1.22. The van der Waals surface area contributed by atoms with Gasteiger partial charge in [-0.2, -0.15) is 0 Å². The zero-order valence-corrected chi connectivity index (χ0v) is 13.3. The third-order valence-corrected chi connectivity index (χ3v) is 3.58. The van der Waals surface area contributed by atoms with Gasteiger partial charge in [-0.3, -0.25) is 14.5 Å². The molecule has 1 aromatic carbocycles. The van der Waals surface area contributed by atoms with E-state index in [1.807, 2.05) is 0 Å². The van der Waals surface area contributed by atoms with Crippen molar-refractivity contribution in [3.8, 4) is 5.75 Å². The maximum atomic E-state index is 12.3. The maximum Gasteiger partial charge on any atom is 0.357 e. The van der Waals surface area contributed by atoms with Crippen LogP contribution in [-0.2, 0) is 16.1 Å². The van der Waals surface area contributed by atoms with Crippen molar-refractivity contribution in [2.75, 3.05) is 11.4 Å². The highest BCUT2D eigenvalue weighted by Gasteiger charge is 2.32. The number of carboxylic acids is 1. The first-order valence-electron chi connectivity index (χ1n) is 7.47. The largest absolute Gasteiger partial charge is 0.479 e. The summed E-state index contributed by atoms with van der Waals surface area (Å²) in [6.07, 6.45) is 0.306. The number of hydrogen-bond donors (Lipinski definition) is 2. The number of carbonyl (C=O) groups excluding carboxylic acids is 2. The van der Waals surface area contributed by atoms with Crippen molar-refractivity contribution >= 4 is 23.5 Å². The molecule has 130 valence electrons. The van der Waals surface area contributed by atoms with E-state index in [9.17, 15) is 14.4 Å². The molecule has 1 aliphatic heterocycles. The molecule has 0 radical (unpaired) electrons. The fourth-order valence-electron chi connectivity index (χ4n) is 2.39. The minimum absolute atomic E-state index is 0.0628. The van der Waals surface area contributed by atoms with Crippen molar-refractivity contribution < 1.29 is 28.6 Å². The quantitative estimate of drug-likeness (QED) is 0.822. The van der Waals surface area contributed by atoms with E-state index in [-0.39, 0.29) is 30.6 Å². The van der Waals surface area contributed by atoms with E-state index in [1.54, 1.807) is 31.2 Å². The Bertz CT molecular complexity index is 831. The summed E-state index contributed by atoms with van der Waals surface area (Å²) >= 11 is 0. The van der Waals surface area contributed by atoms with Crippen LogP contribution in [-0.4, -0.2) is 40.5 Å². The molecule has 9 nitrogen and oxygen atoms in total. The van der Waals surface area contributed by atoms with Crippen LogP contribution >= 0.6 is 0 Å². The number of anilines is 1. The van der Waals surface area contributed by atoms with Gasteiger partial charge in [-0.25, -0.2) is 9.78 Å². The third-order valence-electron chi connectivity index (χ3n) is 3.58. The van der Waals surface area contributed by atoms with E-state index >= 15 is 0 Å². The number of benzene rings is 1. The summed E-state index contributed by atoms with van der Waals surface area (Å²) < 4.78 is 10.5. The Kier molecular flexibility index (Phi) is 4.38. The van der Waals surface area contributed by atoms with Gasteiger partial charge in [0, 0.05) is 0 Å². The van der Waals surface area contributed by atoms with Crippen molar-refractivity contribution in [1.82, 2.24) is 10.3 Å². The molecule has 2 aromatic rings. The number of carbonyl (C=O) groups is 3. The number of hydrogen-bond acceptors (Lipinski definition) is 6. The SMILES string of the molecule is CC1Oc2ccccc2N(CC(=O)NCc2nc(C(=O)O)co2)C1=O. The van der Waals surface area contributed by atoms with Crippen LogP contribution in [0.3, 0.4) is 0 Å². The fourth-order valence-corrected chi connectivity index (χ4v) is 2.39. The smallest absolute Gasteiger partial charge is 0.357 e. The molecule has 1 aliphatic rings. The highest BCUT2D eigenvalue weighted by Crippen LogP contribution is 2.33. The summed E-state index contributed by atoms with van der Waals surface area (Å²) in [5, 5.41) is 11.3. The standard InChI is InChI=1S/C16H15N3O6/c1-9-15(21)19(11-4-2-3-5-12(11)25-9)7-13(20)17-6-14-18-10(8-24-14)16(22)23/h2-5,8-9H,6-7H2,1H3,(H,17,20)(H,22,23). The van der Waals surface area contributed by atoms with Crippen molar-refractivity contribution in [3.63, 3.8) is 0 Å². The molecular formula is C16H15N3O6. The first-order valence-corrected chi connectivity index (χ1v) is 7.47. The highest BCUT2D eigenvalue weighted by atomic mass is 16.5. The zero-order valence-electron chi connectivity index (χ0n) is 13.3. The molecule has 2 heterocycles. The molecule has 3 rings (SSSR count). The van der Waals surface area contributed by atoms with E-state index in [1.165, 1.54) is 4.90 Å². The van der Waals surface area contributed by atoms with Gasteiger partial charge in [0.05, 0.1) is 12.2 Å². The summed E-state index contributed by atoms with van der Waals surface area (Å²) in [5.74, 6) is -1.38. The Hall–Kier alpha value is -3.36. The minimum Gasteiger partial charge on any atom is -0.479 e. The van der Waals surface area contributed by atoms with Gasteiger partial charge in [-0.05, 0) is 19.1 Å². The molecule has 0 spiro atoms. The van der Waals surface area contributed by atoms with Gasteiger partial charge in [0.2, 0.25) is 11.8 Å². The second-order valence-electron chi connectivity index (χ2n) is 5.36. The fraction of sp³-hybridized carbons (Fsp3) is 0.250. The number of aromatic nitrogens is 1. The summed E-state index contributed by atoms with van der Waals surface area (Å²) in [7, 11) is 0.